The van der Waals surface area contributed by atoms with Gasteiger partial charge < -0.3 is 10.1 Å². The number of hydrogen-bond donors (Lipinski definition) is 1. The summed E-state index contributed by atoms with van der Waals surface area (Å²) in [4.78, 5) is 8.12. The number of benzene rings is 1. The van der Waals surface area contributed by atoms with Crippen molar-refractivity contribution in [3.05, 3.63) is 47.2 Å². The Hall–Kier alpha value is -1.81. The molecule has 4 nitrogen and oxygen atoms in total. The molecule has 94 valence electrons. The van der Waals surface area contributed by atoms with Crippen LogP contribution < -0.4 is 10.1 Å². The fourth-order valence-electron chi connectivity index (χ4n) is 1.49. The van der Waals surface area contributed by atoms with Gasteiger partial charge in [0.25, 0.3) is 0 Å². The monoisotopic (exact) mass is 263 g/mol. The summed E-state index contributed by atoms with van der Waals surface area (Å²) in [6.45, 7) is 3.11. The first kappa shape index (κ1) is 12.6. The van der Waals surface area contributed by atoms with Crippen molar-refractivity contribution in [3.63, 3.8) is 0 Å². The molecule has 1 aromatic carbocycles. The molecule has 0 aliphatic carbocycles. The predicted molar refractivity (Wildman–Crippen MR) is 72.0 cm³/mol. The van der Waals surface area contributed by atoms with Crippen LogP contribution in [0.4, 0.5) is 5.82 Å². The summed E-state index contributed by atoms with van der Waals surface area (Å²) < 4.78 is 5.31. The molecule has 0 unspecified atom stereocenters. The molecule has 0 spiro atoms. The zero-order valence-corrected chi connectivity index (χ0v) is 10.8. The molecule has 2 aromatic rings. The van der Waals surface area contributed by atoms with E-state index in [1.54, 1.807) is 6.07 Å². The molecule has 1 aromatic heterocycles. The second kappa shape index (κ2) is 6.21. The SMILES string of the molecule is CCOc1cc(NCc2ccccc2Cl)ncn1. The normalized spacial score (nSPS) is 10.1. The molecule has 0 amide bonds. The zero-order valence-electron chi connectivity index (χ0n) is 10.1. The molecule has 0 fully saturated rings. The fraction of sp³-hybridized carbons (Fsp3) is 0.231. The Balaban J connectivity index is 2.02. The smallest absolute Gasteiger partial charge is 0.218 e. The van der Waals surface area contributed by atoms with Crippen LogP contribution >= 0.6 is 11.6 Å². The Morgan fingerprint density at radius 3 is 2.89 bits per heavy atom. The summed E-state index contributed by atoms with van der Waals surface area (Å²) >= 11 is 6.07. The van der Waals surface area contributed by atoms with Gasteiger partial charge in [0, 0.05) is 17.6 Å². The number of nitrogens with one attached hydrogen (secondary N) is 1. The van der Waals surface area contributed by atoms with E-state index in [2.05, 4.69) is 15.3 Å². The lowest BCUT2D eigenvalue weighted by Gasteiger charge is -2.08. The second-order valence-corrected chi connectivity index (χ2v) is 4.03. The molecule has 2 rings (SSSR count). The number of ether oxygens (including phenoxy) is 1. The van der Waals surface area contributed by atoms with Gasteiger partial charge in [-0.05, 0) is 18.6 Å². The minimum Gasteiger partial charge on any atom is -0.478 e. The highest BCUT2D eigenvalue weighted by atomic mass is 35.5. The van der Waals surface area contributed by atoms with E-state index in [-0.39, 0.29) is 0 Å². The number of hydrogen-bond acceptors (Lipinski definition) is 4. The lowest BCUT2D eigenvalue weighted by molar-refractivity contribution is 0.326. The molecule has 1 heterocycles. The first-order chi connectivity index (χ1) is 8.79. The summed E-state index contributed by atoms with van der Waals surface area (Å²) in [7, 11) is 0. The molecule has 5 heteroatoms. The van der Waals surface area contributed by atoms with E-state index in [1.807, 2.05) is 31.2 Å². The molecular formula is C13H14ClN3O. The van der Waals surface area contributed by atoms with Crippen LogP contribution in [0.1, 0.15) is 12.5 Å². The van der Waals surface area contributed by atoms with E-state index in [0.29, 0.717) is 24.8 Å². The first-order valence-corrected chi connectivity index (χ1v) is 6.09. The Morgan fingerprint density at radius 1 is 1.28 bits per heavy atom. The Bertz CT molecular complexity index is 519. The average molecular weight is 264 g/mol. The quantitative estimate of drug-likeness (QED) is 0.900. The average Bonchev–Trinajstić information content (AvgIpc) is 2.39. The van der Waals surface area contributed by atoms with Crippen molar-refractivity contribution in [1.29, 1.82) is 0 Å². The van der Waals surface area contributed by atoms with E-state index in [9.17, 15) is 0 Å². The summed E-state index contributed by atoms with van der Waals surface area (Å²) in [5.41, 5.74) is 1.02. The van der Waals surface area contributed by atoms with Crippen LogP contribution in [-0.4, -0.2) is 16.6 Å². The van der Waals surface area contributed by atoms with Crippen molar-refractivity contribution in [2.24, 2.45) is 0 Å². The van der Waals surface area contributed by atoms with Gasteiger partial charge in [-0.3, -0.25) is 0 Å². The Labute approximate surface area is 111 Å². The van der Waals surface area contributed by atoms with E-state index in [0.717, 1.165) is 10.6 Å². The van der Waals surface area contributed by atoms with Crippen LogP contribution in [0.3, 0.4) is 0 Å². The number of rotatable bonds is 5. The van der Waals surface area contributed by atoms with Gasteiger partial charge in [-0.2, -0.15) is 0 Å². The van der Waals surface area contributed by atoms with Gasteiger partial charge in [0.1, 0.15) is 12.1 Å². The third-order valence-electron chi connectivity index (χ3n) is 2.35. The van der Waals surface area contributed by atoms with Crippen molar-refractivity contribution in [2.45, 2.75) is 13.5 Å². The fourth-order valence-corrected chi connectivity index (χ4v) is 1.69. The van der Waals surface area contributed by atoms with Crippen LogP contribution in [-0.2, 0) is 6.54 Å². The van der Waals surface area contributed by atoms with Gasteiger partial charge in [-0.25, -0.2) is 9.97 Å². The maximum atomic E-state index is 6.07. The van der Waals surface area contributed by atoms with E-state index in [1.165, 1.54) is 6.33 Å². The molecule has 0 aliphatic rings. The van der Waals surface area contributed by atoms with E-state index < -0.39 is 0 Å². The summed E-state index contributed by atoms with van der Waals surface area (Å²) in [6.07, 6.45) is 1.47. The highest BCUT2D eigenvalue weighted by Gasteiger charge is 2.01. The third-order valence-corrected chi connectivity index (χ3v) is 2.72. The highest BCUT2D eigenvalue weighted by molar-refractivity contribution is 6.31. The van der Waals surface area contributed by atoms with Crippen molar-refractivity contribution < 1.29 is 4.74 Å². The summed E-state index contributed by atoms with van der Waals surface area (Å²) in [6, 6.07) is 9.46. The van der Waals surface area contributed by atoms with Gasteiger partial charge in [0.05, 0.1) is 6.61 Å². The Morgan fingerprint density at radius 2 is 2.11 bits per heavy atom. The number of halogens is 1. The minimum absolute atomic E-state index is 0.564. The van der Waals surface area contributed by atoms with Gasteiger partial charge >= 0.3 is 0 Å². The third kappa shape index (κ3) is 3.34. The number of aromatic nitrogens is 2. The maximum absolute atomic E-state index is 6.07. The largest absolute Gasteiger partial charge is 0.478 e. The van der Waals surface area contributed by atoms with Crippen molar-refractivity contribution in [3.8, 4) is 5.88 Å². The first-order valence-electron chi connectivity index (χ1n) is 5.71. The molecule has 18 heavy (non-hydrogen) atoms. The molecule has 1 N–H and O–H groups in total. The highest BCUT2D eigenvalue weighted by Crippen LogP contribution is 2.17. The lowest BCUT2D eigenvalue weighted by atomic mass is 10.2. The van der Waals surface area contributed by atoms with Crippen molar-refractivity contribution in [1.82, 2.24) is 9.97 Å². The van der Waals surface area contributed by atoms with Crippen LogP contribution in [0.2, 0.25) is 5.02 Å². The minimum atomic E-state index is 0.564. The predicted octanol–water partition coefficient (Wildman–Crippen LogP) is 3.14. The maximum Gasteiger partial charge on any atom is 0.218 e. The summed E-state index contributed by atoms with van der Waals surface area (Å²) in [5, 5.41) is 3.92. The second-order valence-electron chi connectivity index (χ2n) is 3.62. The molecule has 0 atom stereocenters. The van der Waals surface area contributed by atoms with Crippen LogP contribution in [0.25, 0.3) is 0 Å². The standard InChI is InChI=1S/C13H14ClN3O/c1-2-18-13-7-12(16-9-17-13)15-8-10-5-3-4-6-11(10)14/h3-7,9H,2,8H2,1H3,(H,15,16,17). The lowest BCUT2D eigenvalue weighted by Crippen LogP contribution is -2.03. The van der Waals surface area contributed by atoms with Crippen LogP contribution in [0.5, 0.6) is 5.88 Å². The van der Waals surface area contributed by atoms with Gasteiger partial charge in [0.2, 0.25) is 5.88 Å². The van der Waals surface area contributed by atoms with E-state index in [4.69, 9.17) is 16.3 Å². The topological polar surface area (TPSA) is 47.0 Å². The molecule has 0 radical (unpaired) electrons. The molecule has 0 saturated heterocycles. The number of anilines is 1. The van der Waals surface area contributed by atoms with Crippen LogP contribution in [0.15, 0.2) is 36.7 Å². The van der Waals surface area contributed by atoms with Gasteiger partial charge in [0.15, 0.2) is 0 Å². The number of nitrogens with zero attached hydrogens (tertiary/aromatic N) is 2. The zero-order chi connectivity index (χ0) is 12.8. The molecular weight excluding hydrogens is 250 g/mol. The molecule has 0 saturated carbocycles. The molecule has 0 aliphatic heterocycles. The van der Waals surface area contributed by atoms with Crippen molar-refractivity contribution in [2.75, 3.05) is 11.9 Å². The summed E-state index contributed by atoms with van der Waals surface area (Å²) in [5.74, 6) is 1.28. The molecule has 0 bridgehead atoms. The van der Waals surface area contributed by atoms with Gasteiger partial charge in [-0.1, -0.05) is 29.8 Å². The Kier molecular flexibility index (Phi) is 4.36. The van der Waals surface area contributed by atoms with Gasteiger partial charge in [-0.15, -0.1) is 0 Å². The van der Waals surface area contributed by atoms with Crippen molar-refractivity contribution >= 4 is 17.4 Å². The van der Waals surface area contributed by atoms with E-state index >= 15 is 0 Å². The van der Waals surface area contributed by atoms with Crippen LogP contribution in [0, 0.1) is 0 Å².